The Labute approximate surface area is 145 Å². The molecule has 0 aliphatic carbocycles. The minimum Gasteiger partial charge on any atom is -0.480 e. The Bertz CT molecular complexity index is 900. The van der Waals surface area contributed by atoms with E-state index in [4.69, 9.17) is 0 Å². The molecule has 0 aliphatic heterocycles. The molecule has 0 unspecified atom stereocenters. The highest BCUT2D eigenvalue weighted by Gasteiger charge is 2.21. The zero-order chi connectivity index (χ0) is 17.8. The highest BCUT2D eigenvalue weighted by molar-refractivity contribution is 5.86. The summed E-state index contributed by atoms with van der Waals surface area (Å²) < 4.78 is 1.89. The number of hydrogen-bond donors (Lipinski definition) is 2. The maximum absolute atomic E-state index is 12.4. The van der Waals surface area contributed by atoms with Gasteiger partial charge >= 0.3 is 5.97 Å². The van der Waals surface area contributed by atoms with Gasteiger partial charge in [-0.2, -0.15) is 0 Å². The highest BCUT2D eigenvalue weighted by Crippen LogP contribution is 2.18. The molecule has 0 aliphatic rings. The summed E-state index contributed by atoms with van der Waals surface area (Å²) in [5.41, 5.74) is 2.80. The fourth-order valence-electron chi connectivity index (χ4n) is 2.99. The maximum atomic E-state index is 12.4. The third kappa shape index (κ3) is 3.88. The van der Waals surface area contributed by atoms with Gasteiger partial charge < -0.3 is 15.0 Å². The number of hydrogen-bond acceptors (Lipinski definition) is 2. The van der Waals surface area contributed by atoms with Crippen LogP contribution in [-0.4, -0.2) is 27.6 Å². The van der Waals surface area contributed by atoms with Crippen LogP contribution in [0.15, 0.2) is 60.7 Å². The van der Waals surface area contributed by atoms with E-state index in [0.29, 0.717) is 0 Å². The molecule has 1 amide bonds. The third-order valence-corrected chi connectivity index (χ3v) is 4.24. The normalized spacial score (nSPS) is 12.0. The van der Waals surface area contributed by atoms with Crippen LogP contribution in [0.2, 0.25) is 0 Å². The molecule has 2 N–H and O–H groups in total. The van der Waals surface area contributed by atoms with Gasteiger partial charge in [-0.15, -0.1) is 0 Å². The molecular formula is C20H20N2O3. The second kappa shape index (κ2) is 7.21. The number of nitrogens with one attached hydrogen (secondary N) is 1. The van der Waals surface area contributed by atoms with Gasteiger partial charge in [0.25, 0.3) is 0 Å². The molecule has 5 nitrogen and oxygen atoms in total. The smallest absolute Gasteiger partial charge is 0.326 e. The summed E-state index contributed by atoms with van der Waals surface area (Å²) >= 11 is 0. The first-order valence-electron chi connectivity index (χ1n) is 8.15. The van der Waals surface area contributed by atoms with Gasteiger partial charge in [-0.1, -0.05) is 48.5 Å². The quantitative estimate of drug-likeness (QED) is 0.727. The molecule has 1 heterocycles. The number of carbonyl (C=O) groups excluding carboxylic acids is 1. The lowest BCUT2D eigenvalue weighted by atomic mass is 10.1. The van der Waals surface area contributed by atoms with Crippen molar-refractivity contribution in [1.82, 2.24) is 9.88 Å². The fraction of sp³-hybridized carbons (Fsp3) is 0.200. The first-order valence-corrected chi connectivity index (χ1v) is 8.15. The zero-order valence-electron chi connectivity index (χ0n) is 14.0. The molecule has 1 aromatic heterocycles. The summed E-state index contributed by atoms with van der Waals surface area (Å²) in [4.78, 5) is 23.9. The summed E-state index contributed by atoms with van der Waals surface area (Å²) in [6.45, 7) is 2.03. The van der Waals surface area contributed by atoms with E-state index >= 15 is 0 Å². The minimum absolute atomic E-state index is 0.0952. The molecule has 0 saturated heterocycles. The van der Waals surface area contributed by atoms with Crippen molar-refractivity contribution in [3.8, 4) is 0 Å². The van der Waals surface area contributed by atoms with Crippen molar-refractivity contribution in [2.75, 3.05) is 0 Å². The number of aromatic nitrogens is 1. The van der Waals surface area contributed by atoms with Crippen molar-refractivity contribution in [3.05, 3.63) is 71.9 Å². The molecule has 5 heteroatoms. The zero-order valence-corrected chi connectivity index (χ0v) is 14.0. The Morgan fingerprint density at radius 1 is 1.08 bits per heavy atom. The Morgan fingerprint density at radius 3 is 2.48 bits per heavy atom. The Balaban J connectivity index is 1.73. The molecular weight excluding hydrogens is 316 g/mol. The van der Waals surface area contributed by atoms with Crippen molar-refractivity contribution < 1.29 is 14.7 Å². The van der Waals surface area contributed by atoms with Crippen LogP contribution in [0.5, 0.6) is 0 Å². The van der Waals surface area contributed by atoms with Gasteiger partial charge in [0.1, 0.15) is 12.6 Å². The van der Waals surface area contributed by atoms with Crippen LogP contribution in [0, 0.1) is 6.92 Å². The molecule has 3 aromatic rings. The summed E-state index contributed by atoms with van der Waals surface area (Å²) in [6.07, 6.45) is 0.257. The van der Waals surface area contributed by atoms with Gasteiger partial charge in [0, 0.05) is 17.6 Å². The van der Waals surface area contributed by atoms with Crippen molar-refractivity contribution in [1.29, 1.82) is 0 Å². The van der Waals surface area contributed by atoms with Gasteiger partial charge in [0.2, 0.25) is 5.91 Å². The van der Waals surface area contributed by atoms with Crippen LogP contribution < -0.4 is 5.32 Å². The topological polar surface area (TPSA) is 71.3 Å². The number of carboxylic acids is 1. The van der Waals surface area contributed by atoms with Gasteiger partial charge in [-0.25, -0.2) is 4.79 Å². The van der Waals surface area contributed by atoms with E-state index < -0.39 is 12.0 Å². The molecule has 0 saturated carbocycles. The van der Waals surface area contributed by atoms with Crippen LogP contribution in [-0.2, 0) is 22.6 Å². The average molecular weight is 336 g/mol. The molecule has 0 fully saturated rings. The summed E-state index contributed by atoms with van der Waals surface area (Å²) in [7, 11) is 0. The second-order valence-corrected chi connectivity index (χ2v) is 6.08. The first kappa shape index (κ1) is 16.8. The van der Waals surface area contributed by atoms with Gasteiger partial charge in [-0.3, -0.25) is 4.79 Å². The van der Waals surface area contributed by atoms with Crippen molar-refractivity contribution in [3.63, 3.8) is 0 Å². The lowest BCUT2D eigenvalue weighted by Gasteiger charge is -2.16. The number of para-hydroxylation sites is 1. The van der Waals surface area contributed by atoms with Gasteiger partial charge in [0.15, 0.2) is 0 Å². The molecule has 0 spiro atoms. The lowest BCUT2D eigenvalue weighted by molar-refractivity contribution is -0.141. The predicted octanol–water partition coefficient (Wildman–Crippen LogP) is 2.76. The summed E-state index contributed by atoms with van der Waals surface area (Å²) in [6, 6.07) is 18.2. The minimum atomic E-state index is -1.04. The molecule has 1 atom stereocenters. The van der Waals surface area contributed by atoms with E-state index in [0.717, 1.165) is 22.2 Å². The van der Waals surface area contributed by atoms with Crippen LogP contribution in [0.4, 0.5) is 0 Å². The number of rotatable bonds is 6. The summed E-state index contributed by atoms with van der Waals surface area (Å²) in [5, 5.41) is 13.1. The Morgan fingerprint density at radius 2 is 1.76 bits per heavy atom. The van der Waals surface area contributed by atoms with E-state index in [1.807, 2.05) is 72.2 Å². The number of carbonyl (C=O) groups is 2. The first-order chi connectivity index (χ1) is 12.0. The molecule has 128 valence electrons. The van der Waals surface area contributed by atoms with Gasteiger partial charge in [0.05, 0.1) is 0 Å². The predicted molar refractivity (Wildman–Crippen MR) is 96.4 cm³/mol. The number of benzene rings is 2. The Hall–Kier alpha value is -3.08. The number of carboxylic acid groups (broad SMARTS) is 1. The SMILES string of the molecule is Cc1cc2ccccc2n1CC(=O)N[C@@H](Cc1ccccc1)C(=O)O. The molecule has 2 aromatic carbocycles. The standard InChI is InChI=1S/C20H20N2O3/c1-14-11-16-9-5-6-10-18(16)22(14)13-19(23)21-17(20(24)25)12-15-7-3-2-4-8-15/h2-11,17H,12-13H2,1H3,(H,21,23)(H,24,25)/t17-/m0/s1. The molecule has 3 rings (SSSR count). The van der Waals surface area contributed by atoms with Crippen LogP contribution in [0.3, 0.4) is 0 Å². The molecule has 25 heavy (non-hydrogen) atoms. The summed E-state index contributed by atoms with van der Waals surface area (Å²) in [5.74, 6) is -1.35. The van der Waals surface area contributed by atoms with Crippen molar-refractivity contribution >= 4 is 22.8 Å². The van der Waals surface area contributed by atoms with E-state index in [1.165, 1.54) is 0 Å². The molecule has 0 bridgehead atoms. The maximum Gasteiger partial charge on any atom is 0.326 e. The number of nitrogens with zero attached hydrogens (tertiary/aromatic N) is 1. The van der Waals surface area contributed by atoms with E-state index in [1.54, 1.807) is 0 Å². The van der Waals surface area contributed by atoms with E-state index in [9.17, 15) is 14.7 Å². The fourth-order valence-corrected chi connectivity index (χ4v) is 2.99. The van der Waals surface area contributed by atoms with Crippen molar-refractivity contribution in [2.24, 2.45) is 0 Å². The van der Waals surface area contributed by atoms with Crippen LogP contribution in [0.25, 0.3) is 10.9 Å². The number of aliphatic carboxylic acids is 1. The van der Waals surface area contributed by atoms with Crippen LogP contribution >= 0.6 is 0 Å². The van der Waals surface area contributed by atoms with Crippen LogP contribution in [0.1, 0.15) is 11.3 Å². The van der Waals surface area contributed by atoms with Gasteiger partial charge in [-0.05, 0) is 30.0 Å². The average Bonchev–Trinajstić information content (AvgIpc) is 2.91. The largest absolute Gasteiger partial charge is 0.480 e. The van der Waals surface area contributed by atoms with Crippen molar-refractivity contribution in [2.45, 2.75) is 25.9 Å². The van der Waals surface area contributed by atoms with E-state index in [-0.39, 0.29) is 18.9 Å². The third-order valence-electron chi connectivity index (χ3n) is 4.24. The lowest BCUT2D eigenvalue weighted by Crippen LogP contribution is -2.43. The number of amides is 1. The number of aryl methyl sites for hydroxylation is 1. The highest BCUT2D eigenvalue weighted by atomic mass is 16.4. The number of fused-ring (bicyclic) bond motifs is 1. The monoisotopic (exact) mass is 336 g/mol. The second-order valence-electron chi connectivity index (χ2n) is 6.08. The Kier molecular flexibility index (Phi) is 4.84. The molecule has 0 radical (unpaired) electrons. The van der Waals surface area contributed by atoms with E-state index in [2.05, 4.69) is 5.32 Å².